The second-order valence-electron chi connectivity index (χ2n) is 3.79. The number of halogens is 2. The van der Waals surface area contributed by atoms with Gasteiger partial charge in [-0.2, -0.15) is 0 Å². The third-order valence-electron chi connectivity index (χ3n) is 2.47. The molecule has 3 N–H and O–H groups in total. The van der Waals surface area contributed by atoms with Gasteiger partial charge in [0.1, 0.15) is 0 Å². The first-order valence-corrected chi connectivity index (χ1v) is 6.73. The standard InChI is InChI=1S/C13H12Br2N2/c1-8-3-2-4-12(13(8)15)17-11-6-5-9(14)7-10(11)16/h2-7,17H,16H2,1H3. The van der Waals surface area contributed by atoms with Crippen LogP contribution in [0.25, 0.3) is 0 Å². The number of nitrogens with one attached hydrogen (secondary N) is 1. The van der Waals surface area contributed by atoms with Crippen molar-refractivity contribution in [3.8, 4) is 0 Å². The summed E-state index contributed by atoms with van der Waals surface area (Å²) in [5, 5.41) is 3.32. The highest BCUT2D eigenvalue weighted by molar-refractivity contribution is 9.11. The summed E-state index contributed by atoms with van der Waals surface area (Å²) in [6.45, 7) is 2.06. The third-order valence-corrected chi connectivity index (χ3v) is 4.02. The number of aryl methyl sites for hydroxylation is 1. The van der Waals surface area contributed by atoms with E-state index in [0.717, 1.165) is 20.3 Å². The van der Waals surface area contributed by atoms with E-state index < -0.39 is 0 Å². The van der Waals surface area contributed by atoms with Crippen LogP contribution in [-0.2, 0) is 0 Å². The fourth-order valence-electron chi connectivity index (χ4n) is 1.54. The summed E-state index contributed by atoms with van der Waals surface area (Å²) in [4.78, 5) is 0. The average Bonchev–Trinajstić information content (AvgIpc) is 2.28. The molecule has 0 fully saturated rings. The molecule has 0 saturated carbocycles. The quantitative estimate of drug-likeness (QED) is 0.756. The van der Waals surface area contributed by atoms with Gasteiger partial charge < -0.3 is 11.1 Å². The van der Waals surface area contributed by atoms with Crippen molar-refractivity contribution >= 4 is 48.9 Å². The van der Waals surface area contributed by atoms with Gasteiger partial charge in [0, 0.05) is 8.95 Å². The molecule has 0 aliphatic rings. The molecule has 2 nitrogen and oxygen atoms in total. The number of rotatable bonds is 2. The summed E-state index contributed by atoms with van der Waals surface area (Å²) in [5.41, 5.74) is 9.77. The average molecular weight is 356 g/mol. The molecule has 0 aliphatic heterocycles. The summed E-state index contributed by atoms with van der Waals surface area (Å²) in [5.74, 6) is 0. The second-order valence-corrected chi connectivity index (χ2v) is 5.50. The second kappa shape index (κ2) is 5.10. The SMILES string of the molecule is Cc1cccc(Nc2ccc(Br)cc2N)c1Br. The van der Waals surface area contributed by atoms with Crippen molar-refractivity contribution in [1.29, 1.82) is 0 Å². The molecule has 0 aliphatic carbocycles. The van der Waals surface area contributed by atoms with Crippen molar-refractivity contribution in [3.05, 3.63) is 50.9 Å². The molecule has 4 heteroatoms. The van der Waals surface area contributed by atoms with Crippen LogP contribution in [0.5, 0.6) is 0 Å². The number of anilines is 3. The van der Waals surface area contributed by atoms with Crippen LogP contribution in [0.1, 0.15) is 5.56 Å². The lowest BCUT2D eigenvalue weighted by atomic mass is 10.2. The van der Waals surface area contributed by atoms with E-state index in [9.17, 15) is 0 Å². The van der Waals surface area contributed by atoms with Gasteiger partial charge in [-0.1, -0.05) is 28.1 Å². The monoisotopic (exact) mass is 354 g/mol. The maximum Gasteiger partial charge on any atom is 0.0619 e. The normalized spacial score (nSPS) is 10.3. The summed E-state index contributed by atoms with van der Waals surface area (Å²) in [6, 6.07) is 11.9. The van der Waals surface area contributed by atoms with Gasteiger partial charge in [-0.05, 0) is 52.7 Å². The van der Waals surface area contributed by atoms with Crippen molar-refractivity contribution < 1.29 is 0 Å². The van der Waals surface area contributed by atoms with Crippen LogP contribution in [0.4, 0.5) is 17.1 Å². The molecule has 0 radical (unpaired) electrons. The van der Waals surface area contributed by atoms with Crippen molar-refractivity contribution in [2.24, 2.45) is 0 Å². The zero-order chi connectivity index (χ0) is 12.4. The van der Waals surface area contributed by atoms with Crippen molar-refractivity contribution in [2.75, 3.05) is 11.1 Å². The van der Waals surface area contributed by atoms with Crippen LogP contribution < -0.4 is 11.1 Å². The molecule has 0 unspecified atom stereocenters. The maximum atomic E-state index is 5.95. The van der Waals surface area contributed by atoms with Crippen LogP contribution in [-0.4, -0.2) is 0 Å². The number of hydrogen-bond acceptors (Lipinski definition) is 2. The van der Waals surface area contributed by atoms with E-state index in [-0.39, 0.29) is 0 Å². The maximum absolute atomic E-state index is 5.95. The highest BCUT2D eigenvalue weighted by Crippen LogP contribution is 2.31. The van der Waals surface area contributed by atoms with Crippen LogP contribution in [0.2, 0.25) is 0 Å². The van der Waals surface area contributed by atoms with Gasteiger partial charge in [-0.15, -0.1) is 0 Å². The first-order chi connectivity index (χ1) is 8.08. The minimum atomic E-state index is 0.716. The van der Waals surface area contributed by atoms with Crippen molar-refractivity contribution in [1.82, 2.24) is 0 Å². The zero-order valence-corrected chi connectivity index (χ0v) is 12.5. The predicted octanol–water partition coefficient (Wildman–Crippen LogP) is 4.85. The number of benzene rings is 2. The Morgan fingerprint density at radius 1 is 1.06 bits per heavy atom. The smallest absolute Gasteiger partial charge is 0.0619 e. The Balaban J connectivity index is 2.35. The van der Waals surface area contributed by atoms with Gasteiger partial charge in [0.2, 0.25) is 0 Å². The van der Waals surface area contributed by atoms with Crippen LogP contribution in [0, 0.1) is 6.92 Å². The largest absolute Gasteiger partial charge is 0.397 e. The van der Waals surface area contributed by atoms with Gasteiger partial charge in [0.25, 0.3) is 0 Å². The molecule has 0 spiro atoms. The van der Waals surface area contributed by atoms with E-state index in [0.29, 0.717) is 5.69 Å². The number of hydrogen-bond donors (Lipinski definition) is 2. The summed E-state index contributed by atoms with van der Waals surface area (Å²) >= 11 is 6.95. The summed E-state index contributed by atoms with van der Waals surface area (Å²) in [6.07, 6.45) is 0. The lowest BCUT2D eigenvalue weighted by Gasteiger charge is -2.12. The fraction of sp³-hybridized carbons (Fsp3) is 0.0769. The molecule has 2 aromatic rings. The van der Waals surface area contributed by atoms with Gasteiger partial charge in [-0.25, -0.2) is 0 Å². The third kappa shape index (κ3) is 2.82. The molecule has 0 atom stereocenters. The van der Waals surface area contributed by atoms with Gasteiger partial charge in [0.05, 0.1) is 17.1 Å². The molecule has 88 valence electrons. The molecule has 0 bridgehead atoms. The minimum Gasteiger partial charge on any atom is -0.397 e. The molecule has 0 heterocycles. The first-order valence-electron chi connectivity index (χ1n) is 5.15. The summed E-state index contributed by atoms with van der Waals surface area (Å²) in [7, 11) is 0. The minimum absolute atomic E-state index is 0.716. The van der Waals surface area contributed by atoms with E-state index in [1.807, 2.05) is 30.3 Å². The van der Waals surface area contributed by atoms with E-state index >= 15 is 0 Å². The molecule has 0 aromatic heterocycles. The Hall–Kier alpha value is -1.00. The highest BCUT2D eigenvalue weighted by Gasteiger charge is 2.05. The van der Waals surface area contributed by atoms with Gasteiger partial charge in [0.15, 0.2) is 0 Å². The summed E-state index contributed by atoms with van der Waals surface area (Å²) < 4.78 is 2.03. The molecule has 17 heavy (non-hydrogen) atoms. The van der Waals surface area contributed by atoms with Crippen LogP contribution in [0.3, 0.4) is 0 Å². The molecule has 2 rings (SSSR count). The first kappa shape index (κ1) is 12.5. The van der Waals surface area contributed by atoms with E-state index in [4.69, 9.17) is 5.73 Å². The molecule has 0 saturated heterocycles. The van der Waals surface area contributed by atoms with Crippen LogP contribution in [0.15, 0.2) is 45.3 Å². The van der Waals surface area contributed by atoms with Gasteiger partial charge in [-0.3, -0.25) is 0 Å². The Morgan fingerprint density at radius 3 is 2.53 bits per heavy atom. The number of nitrogens with two attached hydrogens (primary N) is 1. The number of nitrogen functional groups attached to an aromatic ring is 1. The van der Waals surface area contributed by atoms with E-state index in [2.05, 4.69) is 50.2 Å². The van der Waals surface area contributed by atoms with E-state index in [1.54, 1.807) is 0 Å². The lowest BCUT2D eigenvalue weighted by Crippen LogP contribution is -1.97. The Bertz CT molecular complexity index is 553. The van der Waals surface area contributed by atoms with Crippen molar-refractivity contribution in [2.45, 2.75) is 6.92 Å². The van der Waals surface area contributed by atoms with E-state index in [1.165, 1.54) is 5.56 Å². The van der Waals surface area contributed by atoms with Crippen molar-refractivity contribution in [3.63, 3.8) is 0 Å². The Kier molecular flexibility index (Phi) is 3.74. The Labute approximate surface area is 117 Å². The van der Waals surface area contributed by atoms with Gasteiger partial charge >= 0.3 is 0 Å². The predicted molar refractivity (Wildman–Crippen MR) is 80.7 cm³/mol. The molecule has 0 amide bonds. The highest BCUT2D eigenvalue weighted by atomic mass is 79.9. The molecule has 2 aromatic carbocycles. The zero-order valence-electron chi connectivity index (χ0n) is 9.30. The Morgan fingerprint density at radius 2 is 1.82 bits per heavy atom. The fourth-order valence-corrected chi connectivity index (χ4v) is 2.28. The lowest BCUT2D eigenvalue weighted by molar-refractivity contribution is 1.41. The molecular formula is C13H12Br2N2. The molecular weight excluding hydrogens is 344 g/mol. The topological polar surface area (TPSA) is 38.0 Å². The van der Waals surface area contributed by atoms with Crippen LogP contribution >= 0.6 is 31.9 Å².